The van der Waals surface area contributed by atoms with Crippen molar-refractivity contribution >= 4 is 6.41 Å². The highest BCUT2D eigenvalue weighted by molar-refractivity contribution is 5.46. The molecule has 1 N–H and O–H groups in total. The van der Waals surface area contributed by atoms with Gasteiger partial charge in [0.1, 0.15) is 0 Å². The highest BCUT2D eigenvalue weighted by Crippen LogP contribution is 1.89. The molecule has 0 aliphatic carbocycles. The molecule has 0 radical (unpaired) electrons. The molecule has 0 aromatic heterocycles. The van der Waals surface area contributed by atoms with Gasteiger partial charge in [-0.15, -0.1) is 0 Å². The second-order valence-corrected chi connectivity index (χ2v) is 2.56. The van der Waals surface area contributed by atoms with Crippen LogP contribution in [0.5, 0.6) is 0 Å². The van der Waals surface area contributed by atoms with Crippen molar-refractivity contribution in [3.63, 3.8) is 0 Å². The van der Waals surface area contributed by atoms with Crippen molar-refractivity contribution in [3.8, 4) is 0 Å². The molecular formula is C7H16N2O. The largest absolute Gasteiger partial charge is 0.348 e. The minimum absolute atomic E-state index is 0.488. The van der Waals surface area contributed by atoms with Crippen LogP contribution < -0.4 is 5.32 Å². The Labute approximate surface area is 62.4 Å². The molecule has 1 amide bonds. The third-order valence-electron chi connectivity index (χ3n) is 1.59. The van der Waals surface area contributed by atoms with Crippen molar-refractivity contribution in [2.75, 3.05) is 20.6 Å². The summed E-state index contributed by atoms with van der Waals surface area (Å²) >= 11 is 0. The quantitative estimate of drug-likeness (QED) is 0.554. The second kappa shape index (κ2) is 5.23. The van der Waals surface area contributed by atoms with E-state index in [1.165, 1.54) is 0 Å². The first-order valence-electron chi connectivity index (χ1n) is 3.53. The third kappa shape index (κ3) is 4.32. The second-order valence-electron chi connectivity index (χ2n) is 2.56. The molecule has 0 aromatic carbocycles. The fourth-order valence-electron chi connectivity index (χ4n) is 0.594. The van der Waals surface area contributed by atoms with Crippen molar-refractivity contribution in [3.05, 3.63) is 0 Å². The molecule has 0 saturated heterocycles. The van der Waals surface area contributed by atoms with Gasteiger partial charge in [-0.2, -0.15) is 0 Å². The van der Waals surface area contributed by atoms with E-state index >= 15 is 0 Å². The zero-order valence-corrected chi connectivity index (χ0v) is 6.92. The van der Waals surface area contributed by atoms with Crippen LogP contribution in [-0.4, -0.2) is 38.0 Å². The van der Waals surface area contributed by atoms with Gasteiger partial charge < -0.3 is 10.2 Å². The first-order valence-corrected chi connectivity index (χ1v) is 3.53. The molecular weight excluding hydrogens is 128 g/mol. The van der Waals surface area contributed by atoms with Crippen LogP contribution in [0.3, 0.4) is 0 Å². The van der Waals surface area contributed by atoms with Crippen LogP contribution in [0.2, 0.25) is 0 Å². The Morgan fingerprint density at radius 2 is 2.30 bits per heavy atom. The zero-order chi connectivity index (χ0) is 7.98. The first kappa shape index (κ1) is 9.43. The van der Waals surface area contributed by atoms with E-state index in [0.717, 1.165) is 19.4 Å². The van der Waals surface area contributed by atoms with E-state index in [4.69, 9.17) is 0 Å². The fourth-order valence-corrected chi connectivity index (χ4v) is 0.594. The lowest BCUT2D eigenvalue weighted by Crippen LogP contribution is -2.27. The van der Waals surface area contributed by atoms with E-state index in [0.29, 0.717) is 6.04 Å². The summed E-state index contributed by atoms with van der Waals surface area (Å²) in [6.45, 7) is 2.92. The molecule has 3 nitrogen and oxygen atoms in total. The Balaban J connectivity index is 3.25. The summed E-state index contributed by atoms with van der Waals surface area (Å²) in [4.78, 5) is 11.8. The number of hydrogen-bond acceptors (Lipinski definition) is 2. The lowest BCUT2D eigenvalue weighted by Gasteiger charge is -2.14. The smallest absolute Gasteiger partial charge is 0.209 e. The number of rotatable bonds is 5. The summed E-state index contributed by atoms with van der Waals surface area (Å²) in [5.74, 6) is 0. The number of nitrogens with zero attached hydrogens (tertiary/aromatic N) is 1. The van der Waals surface area contributed by atoms with Gasteiger partial charge in [0.2, 0.25) is 6.41 Å². The Morgan fingerprint density at radius 1 is 1.70 bits per heavy atom. The van der Waals surface area contributed by atoms with Crippen molar-refractivity contribution in [1.82, 2.24) is 10.2 Å². The average Bonchev–Trinajstić information content (AvgIpc) is 1.99. The average molecular weight is 144 g/mol. The molecule has 60 valence electrons. The van der Waals surface area contributed by atoms with E-state index in [1.807, 2.05) is 7.05 Å². The van der Waals surface area contributed by atoms with Crippen molar-refractivity contribution < 1.29 is 4.79 Å². The molecule has 0 heterocycles. The molecule has 0 aliphatic heterocycles. The number of amides is 1. The van der Waals surface area contributed by atoms with Crippen LogP contribution in [0, 0.1) is 0 Å². The van der Waals surface area contributed by atoms with Crippen LogP contribution in [-0.2, 0) is 4.79 Å². The van der Waals surface area contributed by atoms with Crippen molar-refractivity contribution in [2.45, 2.75) is 19.4 Å². The highest BCUT2D eigenvalue weighted by atomic mass is 16.1. The van der Waals surface area contributed by atoms with Crippen LogP contribution in [0.1, 0.15) is 13.3 Å². The van der Waals surface area contributed by atoms with Crippen molar-refractivity contribution in [1.29, 1.82) is 0 Å². The third-order valence-corrected chi connectivity index (χ3v) is 1.59. The number of carbonyl (C=O) groups is 1. The molecule has 0 bridgehead atoms. The highest BCUT2D eigenvalue weighted by Gasteiger charge is 1.98. The summed E-state index contributed by atoms with van der Waals surface area (Å²) in [6.07, 6.45) is 1.86. The van der Waals surface area contributed by atoms with Gasteiger partial charge in [0.25, 0.3) is 0 Å². The topological polar surface area (TPSA) is 32.3 Å². The normalized spacial score (nSPS) is 12.7. The minimum atomic E-state index is 0.488. The minimum Gasteiger partial charge on any atom is -0.348 e. The Morgan fingerprint density at radius 3 is 2.70 bits per heavy atom. The summed E-state index contributed by atoms with van der Waals surface area (Å²) in [7, 11) is 3.71. The molecule has 0 spiro atoms. The van der Waals surface area contributed by atoms with Gasteiger partial charge in [0.15, 0.2) is 0 Å². The number of nitrogens with one attached hydrogen (secondary N) is 1. The predicted octanol–water partition coefficient (Wildman–Crippen LogP) is 0.0726. The Hall–Kier alpha value is -0.570. The van der Waals surface area contributed by atoms with Gasteiger partial charge in [0, 0.05) is 19.6 Å². The summed E-state index contributed by atoms with van der Waals surface area (Å²) in [5.41, 5.74) is 0. The molecule has 10 heavy (non-hydrogen) atoms. The van der Waals surface area contributed by atoms with E-state index < -0.39 is 0 Å². The van der Waals surface area contributed by atoms with E-state index in [9.17, 15) is 4.79 Å². The standard InChI is InChI=1S/C7H16N2O/c1-7(8-2)4-5-9(3)6-10/h6-8H,4-5H2,1-3H3. The zero-order valence-electron chi connectivity index (χ0n) is 6.92. The molecule has 1 atom stereocenters. The van der Waals surface area contributed by atoms with Crippen LogP contribution >= 0.6 is 0 Å². The van der Waals surface area contributed by atoms with Gasteiger partial charge in [-0.05, 0) is 20.4 Å². The number of hydrogen-bond donors (Lipinski definition) is 1. The predicted molar refractivity (Wildman–Crippen MR) is 41.8 cm³/mol. The summed E-state index contributed by atoms with van der Waals surface area (Å²) in [6, 6.07) is 0.488. The summed E-state index contributed by atoms with van der Waals surface area (Å²) < 4.78 is 0. The fraction of sp³-hybridized carbons (Fsp3) is 0.857. The molecule has 0 fully saturated rings. The summed E-state index contributed by atoms with van der Waals surface area (Å²) in [5, 5.41) is 3.10. The maximum atomic E-state index is 10.1. The van der Waals surface area contributed by atoms with Gasteiger partial charge in [0.05, 0.1) is 0 Å². The lowest BCUT2D eigenvalue weighted by molar-refractivity contribution is -0.117. The Bertz CT molecular complexity index is 95.6. The molecule has 0 aromatic rings. The van der Waals surface area contributed by atoms with Gasteiger partial charge in [-0.1, -0.05) is 0 Å². The van der Waals surface area contributed by atoms with E-state index in [1.54, 1.807) is 11.9 Å². The maximum absolute atomic E-state index is 10.1. The van der Waals surface area contributed by atoms with Crippen LogP contribution in [0.4, 0.5) is 0 Å². The molecule has 3 heteroatoms. The number of carbonyl (C=O) groups excluding carboxylic acids is 1. The monoisotopic (exact) mass is 144 g/mol. The van der Waals surface area contributed by atoms with Crippen LogP contribution in [0.25, 0.3) is 0 Å². The molecule has 1 unspecified atom stereocenters. The van der Waals surface area contributed by atoms with E-state index in [-0.39, 0.29) is 0 Å². The maximum Gasteiger partial charge on any atom is 0.209 e. The molecule has 0 rings (SSSR count). The molecule has 0 aliphatic rings. The van der Waals surface area contributed by atoms with E-state index in [2.05, 4.69) is 12.2 Å². The van der Waals surface area contributed by atoms with Gasteiger partial charge >= 0.3 is 0 Å². The molecule has 0 saturated carbocycles. The Kier molecular flexibility index (Phi) is 4.94. The van der Waals surface area contributed by atoms with Crippen molar-refractivity contribution in [2.24, 2.45) is 0 Å². The van der Waals surface area contributed by atoms with Crippen LogP contribution in [0.15, 0.2) is 0 Å². The van der Waals surface area contributed by atoms with Gasteiger partial charge in [-0.25, -0.2) is 0 Å². The first-order chi connectivity index (χ1) is 4.70. The SMILES string of the molecule is CNC(C)CCN(C)C=O. The lowest BCUT2D eigenvalue weighted by atomic mass is 10.2. The van der Waals surface area contributed by atoms with Gasteiger partial charge in [-0.3, -0.25) is 4.79 Å².